The van der Waals surface area contributed by atoms with Gasteiger partial charge in [0.25, 0.3) is 0 Å². The van der Waals surface area contributed by atoms with Gasteiger partial charge in [-0.1, -0.05) is 12.1 Å². The van der Waals surface area contributed by atoms with Crippen molar-refractivity contribution in [2.24, 2.45) is 24.8 Å². The molecule has 0 saturated heterocycles. The summed E-state index contributed by atoms with van der Waals surface area (Å²) in [6.07, 6.45) is 11.0. The van der Waals surface area contributed by atoms with Crippen LogP contribution in [0.4, 0.5) is 5.82 Å². The summed E-state index contributed by atoms with van der Waals surface area (Å²) >= 11 is 0. The number of nitrogens with zero attached hydrogens (tertiary/aromatic N) is 3. The van der Waals surface area contributed by atoms with Crippen molar-refractivity contribution in [3.05, 3.63) is 58.4 Å². The fourth-order valence-corrected chi connectivity index (χ4v) is 9.34. The maximum absolute atomic E-state index is 12.2. The molecule has 4 saturated carbocycles. The van der Waals surface area contributed by atoms with Crippen LogP contribution in [0.1, 0.15) is 85.4 Å². The molecule has 9 heteroatoms. The third-order valence-corrected chi connectivity index (χ3v) is 10.9. The zero-order valence-corrected chi connectivity index (χ0v) is 26.8. The minimum absolute atomic E-state index is 0.000592. The molecule has 4 aliphatic carbocycles. The fraction of sp³-hybridized carbons (Fsp3) is 0.583. The summed E-state index contributed by atoms with van der Waals surface area (Å²) in [5.74, 6) is 4.38. The van der Waals surface area contributed by atoms with Crippen LogP contribution in [0.15, 0.2) is 30.3 Å². The normalized spacial score (nSPS) is 25.4. The van der Waals surface area contributed by atoms with Crippen LogP contribution in [0.3, 0.4) is 0 Å². The second kappa shape index (κ2) is 12.2. The number of methoxy groups -OCH3 is 2. The van der Waals surface area contributed by atoms with Gasteiger partial charge in [-0.3, -0.25) is 4.79 Å². The summed E-state index contributed by atoms with van der Waals surface area (Å²) < 4.78 is 19.8. The minimum atomic E-state index is -0.828. The predicted molar refractivity (Wildman–Crippen MR) is 172 cm³/mol. The molecule has 8 rings (SSSR count). The number of hydrogen-bond acceptors (Lipinski definition) is 7. The van der Waals surface area contributed by atoms with Gasteiger partial charge in [0.15, 0.2) is 11.5 Å². The van der Waals surface area contributed by atoms with E-state index >= 15 is 0 Å². The largest absolute Gasteiger partial charge is 0.493 e. The maximum atomic E-state index is 12.2. The summed E-state index contributed by atoms with van der Waals surface area (Å²) in [6, 6.07) is 10.4. The van der Waals surface area contributed by atoms with E-state index in [2.05, 4.69) is 23.5 Å². The molecule has 1 atom stereocenters. The Kier molecular flexibility index (Phi) is 8.12. The van der Waals surface area contributed by atoms with Gasteiger partial charge in [0.05, 0.1) is 32.9 Å². The van der Waals surface area contributed by atoms with Gasteiger partial charge < -0.3 is 24.6 Å². The first-order chi connectivity index (χ1) is 21.8. The lowest BCUT2D eigenvalue weighted by molar-refractivity contribution is -0.137. The van der Waals surface area contributed by atoms with Gasteiger partial charge in [0, 0.05) is 43.3 Å². The van der Waals surface area contributed by atoms with E-state index < -0.39 is 5.97 Å². The lowest BCUT2D eigenvalue weighted by atomic mass is 9.48. The highest BCUT2D eigenvalue weighted by molar-refractivity contribution is 5.68. The Morgan fingerprint density at radius 2 is 1.82 bits per heavy atom. The van der Waals surface area contributed by atoms with Gasteiger partial charge in [-0.25, -0.2) is 9.67 Å². The molecule has 240 valence electrons. The highest BCUT2D eigenvalue weighted by Crippen LogP contribution is 2.62. The number of anilines is 1. The van der Waals surface area contributed by atoms with Crippen molar-refractivity contribution in [3.8, 4) is 17.4 Å². The number of ether oxygens (including phenoxy) is 3. The summed E-state index contributed by atoms with van der Waals surface area (Å²) in [4.78, 5) is 17.0. The Morgan fingerprint density at radius 1 is 1.07 bits per heavy atom. The Bertz CT molecular complexity index is 1530. The highest BCUT2D eigenvalue weighted by Gasteiger charge is 2.53. The van der Waals surface area contributed by atoms with Crippen LogP contribution >= 0.6 is 0 Å². The molecule has 1 aromatic carbocycles. The topological polar surface area (TPSA) is 108 Å². The number of carboxylic acids is 1. The zero-order valence-electron chi connectivity index (χ0n) is 26.8. The predicted octanol–water partition coefficient (Wildman–Crippen LogP) is 6.08. The number of aryl methyl sites for hydroxylation is 2. The van der Waals surface area contributed by atoms with E-state index in [1.165, 1.54) is 49.7 Å². The van der Waals surface area contributed by atoms with Crippen molar-refractivity contribution in [1.82, 2.24) is 14.8 Å². The Hall–Kier alpha value is -3.75. The number of nitrogens with one attached hydrogen (secondary N) is 1. The van der Waals surface area contributed by atoms with E-state index in [9.17, 15) is 9.90 Å². The van der Waals surface area contributed by atoms with Gasteiger partial charge in [-0.2, -0.15) is 5.10 Å². The molecule has 0 spiro atoms. The Balaban J connectivity index is 1.11. The number of aromatic nitrogens is 3. The van der Waals surface area contributed by atoms with Crippen molar-refractivity contribution in [2.75, 3.05) is 32.7 Å². The second-order valence-corrected chi connectivity index (χ2v) is 14.0. The SMILES string of the molecule is COc1cc(C(CC(=O)O)Cc2cc(OCCc3ccc4c(n3)NCCC4)n(C)n2)cc(C23CC4CC(CC(C4)C2)C3)c1OC. The smallest absolute Gasteiger partial charge is 0.303 e. The van der Waals surface area contributed by atoms with E-state index in [-0.39, 0.29) is 17.8 Å². The molecular weight excluding hydrogens is 568 g/mol. The van der Waals surface area contributed by atoms with E-state index in [1.807, 2.05) is 19.2 Å². The third kappa shape index (κ3) is 5.98. The molecule has 2 N–H and O–H groups in total. The number of carbonyl (C=O) groups is 1. The first-order valence-corrected chi connectivity index (χ1v) is 16.7. The Labute approximate surface area is 265 Å². The number of rotatable bonds is 12. The number of pyridine rings is 1. The van der Waals surface area contributed by atoms with Gasteiger partial charge in [-0.15, -0.1) is 0 Å². The maximum Gasteiger partial charge on any atom is 0.303 e. The van der Waals surface area contributed by atoms with E-state index in [4.69, 9.17) is 24.3 Å². The van der Waals surface area contributed by atoms with Crippen LogP contribution in [-0.4, -0.2) is 53.2 Å². The van der Waals surface area contributed by atoms with Crippen molar-refractivity contribution in [1.29, 1.82) is 0 Å². The van der Waals surface area contributed by atoms with Crippen molar-refractivity contribution in [3.63, 3.8) is 0 Å². The molecule has 45 heavy (non-hydrogen) atoms. The molecule has 4 bridgehead atoms. The molecule has 2 aromatic heterocycles. The average Bonchev–Trinajstić information content (AvgIpc) is 3.37. The quantitative estimate of drug-likeness (QED) is 0.253. The molecule has 3 aromatic rings. The van der Waals surface area contributed by atoms with Crippen LogP contribution in [0.5, 0.6) is 17.4 Å². The Morgan fingerprint density at radius 3 is 2.51 bits per heavy atom. The number of aliphatic carboxylic acids is 1. The van der Waals surface area contributed by atoms with Crippen molar-refractivity contribution < 1.29 is 24.1 Å². The van der Waals surface area contributed by atoms with Crippen LogP contribution in [0.25, 0.3) is 0 Å². The molecule has 1 aliphatic heterocycles. The first-order valence-electron chi connectivity index (χ1n) is 16.7. The number of hydrogen-bond donors (Lipinski definition) is 2. The summed E-state index contributed by atoms with van der Waals surface area (Å²) in [6.45, 7) is 1.45. The molecule has 9 nitrogen and oxygen atoms in total. The van der Waals surface area contributed by atoms with E-state index in [0.717, 1.165) is 65.7 Å². The number of fused-ring (bicyclic) bond motifs is 1. The molecule has 4 fully saturated rings. The molecular formula is C36H46N4O5. The second-order valence-electron chi connectivity index (χ2n) is 14.0. The minimum Gasteiger partial charge on any atom is -0.493 e. The molecule has 0 radical (unpaired) electrons. The zero-order chi connectivity index (χ0) is 31.1. The number of benzene rings is 1. The van der Waals surface area contributed by atoms with Crippen molar-refractivity contribution in [2.45, 2.75) is 82.0 Å². The van der Waals surface area contributed by atoms with Crippen LogP contribution in [0.2, 0.25) is 0 Å². The lowest BCUT2D eigenvalue weighted by Crippen LogP contribution is -2.48. The van der Waals surface area contributed by atoms with Crippen LogP contribution in [-0.2, 0) is 36.5 Å². The monoisotopic (exact) mass is 614 g/mol. The van der Waals surface area contributed by atoms with E-state index in [0.29, 0.717) is 31.1 Å². The molecule has 3 heterocycles. The van der Waals surface area contributed by atoms with Crippen LogP contribution in [0, 0.1) is 17.8 Å². The molecule has 5 aliphatic rings. The van der Waals surface area contributed by atoms with Crippen molar-refractivity contribution >= 4 is 11.8 Å². The summed E-state index contributed by atoms with van der Waals surface area (Å²) in [5, 5.41) is 18.1. The molecule has 0 amide bonds. The van der Waals surface area contributed by atoms with E-state index in [1.54, 1.807) is 18.9 Å². The highest BCUT2D eigenvalue weighted by atomic mass is 16.5. The van der Waals surface area contributed by atoms with Gasteiger partial charge in [-0.05, 0) is 104 Å². The van der Waals surface area contributed by atoms with Gasteiger partial charge >= 0.3 is 5.97 Å². The first kappa shape index (κ1) is 29.9. The standard InChI is InChI=1S/C36H46N4O5/c1-40-32(45-10-8-28-7-6-25-5-4-9-37-35(25)38-28)18-29(39-40)14-26(17-33(41)42)27-15-30(34(44-3)31(16-27)43-2)36-19-22-11-23(20-36)13-24(12-22)21-36/h6-7,15-16,18,22-24,26H,4-5,8-14,17,19-21H2,1-3H3,(H,37,38)(H,41,42). The molecule has 1 unspecified atom stereocenters. The third-order valence-electron chi connectivity index (χ3n) is 10.9. The fourth-order valence-electron chi connectivity index (χ4n) is 9.34. The summed E-state index contributed by atoms with van der Waals surface area (Å²) in [5.41, 5.74) is 5.34. The summed E-state index contributed by atoms with van der Waals surface area (Å²) in [7, 11) is 5.27. The lowest BCUT2D eigenvalue weighted by Gasteiger charge is -2.57. The van der Waals surface area contributed by atoms with Gasteiger partial charge in [0.1, 0.15) is 5.82 Å². The average molecular weight is 615 g/mol. The van der Waals surface area contributed by atoms with Gasteiger partial charge in [0.2, 0.25) is 5.88 Å². The number of carboxylic acid groups (broad SMARTS) is 1. The van der Waals surface area contributed by atoms with Crippen LogP contribution < -0.4 is 19.5 Å².